The van der Waals surface area contributed by atoms with Gasteiger partial charge in [0.25, 0.3) is 0 Å². The van der Waals surface area contributed by atoms with Crippen LogP contribution in [-0.4, -0.2) is 22.5 Å². The minimum atomic E-state index is -1.80. The van der Waals surface area contributed by atoms with E-state index >= 15 is 0 Å². The molecule has 16 heavy (non-hydrogen) atoms. The molecule has 0 radical (unpaired) electrons. The van der Waals surface area contributed by atoms with Gasteiger partial charge < -0.3 is 10.2 Å². The van der Waals surface area contributed by atoms with Crippen LogP contribution >= 0.6 is 0 Å². The van der Waals surface area contributed by atoms with Gasteiger partial charge in [0.1, 0.15) is 0 Å². The number of carbonyl (C=O) groups is 2. The van der Waals surface area contributed by atoms with Gasteiger partial charge in [-0.15, -0.1) is 0 Å². The van der Waals surface area contributed by atoms with Crippen LogP contribution in [0, 0.1) is 18.3 Å². The van der Waals surface area contributed by atoms with Gasteiger partial charge in [-0.25, -0.2) is 4.79 Å². The smallest absolute Gasteiger partial charge is 0.337 e. The van der Waals surface area contributed by atoms with Gasteiger partial charge in [0.2, 0.25) is 0 Å². The third kappa shape index (κ3) is 2.07. The van der Waals surface area contributed by atoms with Gasteiger partial charge in [0.15, 0.2) is 12.4 Å². The van der Waals surface area contributed by atoms with Crippen molar-refractivity contribution >= 4 is 12.3 Å². The highest BCUT2D eigenvalue weighted by atomic mass is 16.4. The molecular formula is C11H9NO4. The van der Waals surface area contributed by atoms with Crippen LogP contribution in [0.4, 0.5) is 0 Å². The molecule has 82 valence electrons. The Morgan fingerprint density at radius 1 is 1.56 bits per heavy atom. The Bertz CT molecular complexity index is 487. The fraction of sp³-hybridized carbons (Fsp3) is 0.182. The zero-order valence-corrected chi connectivity index (χ0v) is 8.47. The Kier molecular flexibility index (Phi) is 3.38. The highest BCUT2D eigenvalue weighted by Gasteiger charge is 2.21. The lowest BCUT2D eigenvalue weighted by Gasteiger charge is -2.11. The Morgan fingerprint density at radius 3 is 2.62 bits per heavy atom. The van der Waals surface area contributed by atoms with Crippen LogP contribution < -0.4 is 0 Å². The molecule has 1 unspecified atom stereocenters. The van der Waals surface area contributed by atoms with Crippen LogP contribution in [0.3, 0.4) is 0 Å². The number of aliphatic carboxylic acids is 1. The summed E-state index contributed by atoms with van der Waals surface area (Å²) in [6, 6.07) is 4.50. The first-order valence-electron chi connectivity index (χ1n) is 4.42. The Hall–Kier alpha value is -2.19. The minimum Gasteiger partial charge on any atom is -0.479 e. The lowest BCUT2D eigenvalue weighted by molar-refractivity contribution is -0.146. The van der Waals surface area contributed by atoms with E-state index in [0.717, 1.165) is 0 Å². The van der Waals surface area contributed by atoms with Crippen LogP contribution in [0.2, 0.25) is 0 Å². The van der Waals surface area contributed by atoms with E-state index in [1.807, 2.05) is 6.07 Å². The van der Waals surface area contributed by atoms with Crippen molar-refractivity contribution in [2.45, 2.75) is 13.0 Å². The van der Waals surface area contributed by atoms with Gasteiger partial charge in [0.05, 0.1) is 11.6 Å². The fourth-order valence-corrected chi connectivity index (χ4v) is 1.41. The number of carboxylic acid groups (broad SMARTS) is 1. The molecule has 0 amide bonds. The first-order valence-corrected chi connectivity index (χ1v) is 4.42. The first-order chi connectivity index (χ1) is 7.51. The fourth-order valence-electron chi connectivity index (χ4n) is 1.41. The number of aldehydes is 1. The number of carboxylic acids is 1. The molecule has 0 bridgehead atoms. The summed E-state index contributed by atoms with van der Waals surface area (Å²) >= 11 is 0. The second-order valence-corrected chi connectivity index (χ2v) is 3.27. The molecular weight excluding hydrogens is 210 g/mol. The second kappa shape index (κ2) is 4.55. The third-order valence-electron chi connectivity index (χ3n) is 2.19. The summed E-state index contributed by atoms with van der Waals surface area (Å²) in [5.41, 5.74) is 0.718. The van der Waals surface area contributed by atoms with Crippen molar-refractivity contribution in [2.24, 2.45) is 0 Å². The number of benzene rings is 1. The quantitative estimate of drug-likeness (QED) is 0.732. The lowest BCUT2D eigenvalue weighted by Crippen LogP contribution is -2.13. The van der Waals surface area contributed by atoms with E-state index in [1.54, 1.807) is 6.92 Å². The second-order valence-electron chi connectivity index (χ2n) is 3.27. The maximum absolute atomic E-state index is 10.8. The molecule has 0 saturated carbocycles. The maximum atomic E-state index is 10.8. The van der Waals surface area contributed by atoms with E-state index in [4.69, 9.17) is 10.4 Å². The van der Waals surface area contributed by atoms with Crippen molar-refractivity contribution in [2.75, 3.05) is 0 Å². The first kappa shape index (κ1) is 11.9. The Labute approximate surface area is 91.6 Å². The molecule has 0 fully saturated rings. The number of hydrogen-bond donors (Lipinski definition) is 2. The Morgan fingerprint density at radius 2 is 2.19 bits per heavy atom. The number of aryl methyl sites for hydroxylation is 1. The summed E-state index contributed by atoms with van der Waals surface area (Å²) in [6.07, 6.45) is -1.33. The molecule has 1 aromatic rings. The molecule has 2 N–H and O–H groups in total. The topological polar surface area (TPSA) is 98.4 Å². The largest absolute Gasteiger partial charge is 0.479 e. The van der Waals surface area contributed by atoms with E-state index in [1.165, 1.54) is 12.1 Å². The van der Waals surface area contributed by atoms with Gasteiger partial charge in [-0.3, -0.25) is 4.79 Å². The zero-order valence-electron chi connectivity index (χ0n) is 8.47. The average Bonchev–Trinajstić information content (AvgIpc) is 2.26. The standard InChI is InChI=1S/C11H9NO4/c1-6-2-7(4-12)3-8(9(6)5-13)10(14)11(15)16/h2-3,5,10,14H,1H3,(H,15,16). The number of carbonyl (C=O) groups excluding carboxylic acids is 1. The maximum Gasteiger partial charge on any atom is 0.337 e. The molecule has 5 heteroatoms. The molecule has 5 nitrogen and oxygen atoms in total. The number of aliphatic hydroxyl groups excluding tert-OH is 1. The van der Waals surface area contributed by atoms with Gasteiger partial charge in [-0.05, 0) is 24.6 Å². The molecule has 1 atom stereocenters. The molecule has 1 rings (SSSR count). The van der Waals surface area contributed by atoms with E-state index in [2.05, 4.69) is 0 Å². The van der Waals surface area contributed by atoms with E-state index in [-0.39, 0.29) is 16.7 Å². The normalized spacial score (nSPS) is 11.6. The van der Waals surface area contributed by atoms with Crippen molar-refractivity contribution in [3.05, 3.63) is 34.4 Å². The van der Waals surface area contributed by atoms with Gasteiger partial charge in [0, 0.05) is 11.1 Å². The lowest BCUT2D eigenvalue weighted by atomic mass is 9.96. The molecule has 1 aromatic carbocycles. The zero-order chi connectivity index (χ0) is 12.3. The van der Waals surface area contributed by atoms with Crippen LogP contribution in [-0.2, 0) is 4.79 Å². The minimum absolute atomic E-state index is 0.0564. The summed E-state index contributed by atoms with van der Waals surface area (Å²) in [4.78, 5) is 21.4. The predicted molar refractivity (Wildman–Crippen MR) is 53.9 cm³/mol. The molecule has 0 spiro atoms. The van der Waals surface area contributed by atoms with Crippen LogP contribution in [0.1, 0.15) is 33.2 Å². The monoisotopic (exact) mass is 219 g/mol. The molecule has 0 saturated heterocycles. The summed E-state index contributed by atoms with van der Waals surface area (Å²) < 4.78 is 0. The summed E-state index contributed by atoms with van der Waals surface area (Å²) in [5, 5.41) is 26.8. The highest BCUT2D eigenvalue weighted by Crippen LogP contribution is 2.22. The van der Waals surface area contributed by atoms with Crippen molar-refractivity contribution in [3.63, 3.8) is 0 Å². The number of rotatable bonds is 3. The number of nitrogens with zero attached hydrogens (tertiary/aromatic N) is 1. The average molecular weight is 219 g/mol. The van der Waals surface area contributed by atoms with Crippen molar-refractivity contribution in [3.8, 4) is 6.07 Å². The van der Waals surface area contributed by atoms with E-state index < -0.39 is 12.1 Å². The summed E-state index contributed by atoms with van der Waals surface area (Å²) in [5.74, 6) is -1.46. The van der Waals surface area contributed by atoms with Crippen LogP contribution in [0.25, 0.3) is 0 Å². The SMILES string of the molecule is Cc1cc(C#N)cc(C(O)C(=O)O)c1C=O. The van der Waals surface area contributed by atoms with Crippen LogP contribution in [0.5, 0.6) is 0 Å². The Balaban J connectivity index is 3.46. The van der Waals surface area contributed by atoms with E-state index in [0.29, 0.717) is 11.8 Å². The highest BCUT2D eigenvalue weighted by molar-refractivity contribution is 5.85. The number of aliphatic hydroxyl groups is 1. The molecule has 0 aliphatic rings. The summed E-state index contributed by atoms with van der Waals surface area (Å²) in [7, 11) is 0. The molecule has 0 aliphatic heterocycles. The van der Waals surface area contributed by atoms with Gasteiger partial charge in [-0.2, -0.15) is 5.26 Å². The third-order valence-corrected chi connectivity index (χ3v) is 2.19. The van der Waals surface area contributed by atoms with Gasteiger partial charge in [-0.1, -0.05) is 0 Å². The number of nitriles is 1. The van der Waals surface area contributed by atoms with E-state index in [9.17, 15) is 14.7 Å². The van der Waals surface area contributed by atoms with Crippen molar-refractivity contribution in [1.29, 1.82) is 5.26 Å². The predicted octanol–water partition coefficient (Wildman–Crippen LogP) is 0.797. The van der Waals surface area contributed by atoms with Crippen molar-refractivity contribution in [1.82, 2.24) is 0 Å². The molecule has 0 aliphatic carbocycles. The van der Waals surface area contributed by atoms with Crippen LogP contribution in [0.15, 0.2) is 12.1 Å². The summed E-state index contributed by atoms with van der Waals surface area (Å²) in [6.45, 7) is 1.57. The molecule has 0 aromatic heterocycles. The molecule has 0 heterocycles. The van der Waals surface area contributed by atoms with Crippen molar-refractivity contribution < 1.29 is 19.8 Å². The number of hydrogen-bond acceptors (Lipinski definition) is 4. The van der Waals surface area contributed by atoms with Gasteiger partial charge >= 0.3 is 5.97 Å².